The number of aryl methyl sites for hydroxylation is 1. The van der Waals surface area contributed by atoms with E-state index in [1.54, 1.807) is 6.26 Å². The van der Waals surface area contributed by atoms with Crippen molar-refractivity contribution in [2.45, 2.75) is 26.3 Å². The first-order chi connectivity index (χ1) is 10.8. The summed E-state index contributed by atoms with van der Waals surface area (Å²) in [5, 5.41) is 7.00. The van der Waals surface area contributed by atoms with E-state index in [0.717, 1.165) is 43.9 Å². The van der Waals surface area contributed by atoms with Crippen molar-refractivity contribution in [1.29, 1.82) is 0 Å². The molecule has 1 N–H and O–H groups in total. The maximum absolute atomic E-state index is 12.2. The standard InChI is InChI=1S/C15H20N4O2S/c1-2-13-14(22-18-17-13)15(20)16-8-11-5-6-19(9-11)10-12-4-3-7-21-12/h3-4,7,11H,2,5-6,8-10H2,1H3,(H,16,20). The molecule has 0 aliphatic carbocycles. The molecule has 22 heavy (non-hydrogen) atoms. The van der Waals surface area contributed by atoms with Crippen LogP contribution in [0.5, 0.6) is 0 Å². The average Bonchev–Trinajstić information content (AvgIpc) is 3.26. The summed E-state index contributed by atoms with van der Waals surface area (Å²) in [6, 6.07) is 3.91. The molecule has 1 fully saturated rings. The molecule has 0 radical (unpaired) electrons. The van der Waals surface area contributed by atoms with Gasteiger partial charge in [-0.3, -0.25) is 9.69 Å². The fraction of sp³-hybridized carbons (Fsp3) is 0.533. The average molecular weight is 320 g/mol. The number of furan rings is 1. The first kappa shape index (κ1) is 15.2. The van der Waals surface area contributed by atoms with Gasteiger partial charge in [0.05, 0.1) is 18.5 Å². The van der Waals surface area contributed by atoms with Gasteiger partial charge < -0.3 is 9.73 Å². The number of likely N-dealkylation sites (tertiary alicyclic amines) is 1. The molecule has 1 aliphatic rings. The van der Waals surface area contributed by atoms with Gasteiger partial charge in [0.1, 0.15) is 10.6 Å². The zero-order chi connectivity index (χ0) is 15.4. The molecule has 0 spiro atoms. The van der Waals surface area contributed by atoms with E-state index < -0.39 is 0 Å². The molecule has 1 unspecified atom stereocenters. The van der Waals surface area contributed by atoms with Gasteiger partial charge in [0.15, 0.2) is 0 Å². The van der Waals surface area contributed by atoms with Gasteiger partial charge in [-0.25, -0.2) is 0 Å². The highest BCUT2D eigenvalue weighted by Gasteiger charge is 2.24. The van der Waals surface area contributed by atoms with Crippen LogP contribution < -0.4 is 5.32 Å². The minimum absolute atomic E-state index is 0.0451. The van der Waals surface area contributed by atoms with Crippen LogP contribution in [0.2, 0.25) is 0 Å². The van der Waals surface area contributed by atoms with Gasteiger partial charge in [-0.05, 0) is 49.0 Å². The summed E-state index contributed by atoms with van der Waals surface area (Å²) in [5.74, 6) is 1.44. The Hall–Kier alpha value is -1.73. The van der Waals surface area contributed by atoms with Crippen LogP contribution in [0, 0.1) is 5.92 Å². The molecule has 0 aromatic carbocycles. The molecule has 2 aromatic rings. The molecule has 1 saturated heterocycles. The summed E-state index contributed by atoms with van der Waals surface area (Å²) in [4.78, 5) is 15.2. The van der Waals surface area contributed by atoms with Gasteiger partial charge in [0.2, 0.25) is 0 Å². The van der Waals surface area contributed by atoms with Crippen LogP contribution >= 0.6 is 11.5 Å². The molecule has 7 heteroatoms. The maximum Gasteiger partial charge on any atom is 0.264 e. The number of rotatable bonds is 6. The highest BCUT2D eigenvalue weighted by molar-refractivity contribution is 7.08. The van der Waals surface area contributed by atoms with Crippen molar-refractivity contribution in [3.63, 3.8) is 0 Å². The number of nitrogens with one attached hydrogen (secondary N) is 1. The zero-order valence-electron chi connectivity index (χ0n) is 12.6. The van der Waals surface area contributed by atoms with Gasteiger partial charge in [0, 0.05) is 13.1 Å². The van der Waals surface area contributed by atoms with Gasteiger partial charge in [-0.15, -0.1) is 5.10 Å². The van der Waals surface area contributed by atoms with Crippen molar-refractivity contribution in [3.05, 3.63) is 34.7 Å². The fourth-order valence-electron chi connectivity index (χ4n) is 2.78. The predicted octanol–water partition coefficient (Wildman–Crippen LogP) is 1.95. The Bertz CT molecular complexity index is 611. The van der Waals surface area contributed by atoms with Crippen molar-refractivity contribution in [3.8, 4) is 0 Å². The zero-order valence-corrected chi connectivity index (χ0v) is 13.4. The van der Waals surface area contributed by atoms with Crippen molar-refractivity contribution in [1.82, 2.24) is 19.8 Å². The van der Waals surface area contributed by atoms with E-state index in [1.165, 1.54) is 11.5 Å². The lowest BCUT2D eigenvalue weighted by molar-refractivity contribution is 0.0950. The molecule has 1 aliphatic heterocycles. The Morgan fingerprint density at radius 2 is 2.50 bits per heavy atom. The van der Waals surface area contributed by atoms with Crippen molar-refractivity contribution >= 4 is 17.4 Å². The smallest absolute Gasteiger partial charge is 0.264 e. The van der Waals surface area contributed by atoms with Gasteiger partial charge in [0.25, 0.3) is 5.91 Å². The molecule has 6 nitrogen and oxygen atoms in total. The van der Waals surface area contributed by atoms with Crippen molar-refractivity contribution in [2.75, 3.05) is 19.6 Å². The van der Waals surface area contributed by atoms with Crippen LogP contribution in [-0.2, 0) is 13.0 Å². The normalized spacial score (nSPS) is 18.7. The third-order valence-corrected chi connectivity index (χ3v) is 4.74. The maximum atomic E-state index is 12.2. The molecule has 118 valence electrons. The molecular weight excluding hydrogens is 300 g/mol. The van der Waals surface area contributed by atoms with Gasteiger partial charge in [-0.1, -0.05) is 11.4 Å². The molecule has 1 amide bonds. The highest BCUT2D eigenvalue weighted by atomic mass is 32.1. The number of amides is 1. The van der Waals surface area contributed by atoms with E-state index in [2.05, 4.69) is 19.8 Å². The molecule has 3 rings (SSSR count). The lowest BCUT2D eigenvalue weighted by Gasteiger charge is -2.14. The largest absolute Gasteiger partial charge is 0.468 e. The van der Waals surface area contributed by atoms with Gasteiger partial charge >= 0.3 is 0 Å². The summed E-state index contributed by atoms with van der Waals surface area (Å²) < 4.78 is 9.24. The summed E-state index contributed by atoms with van der Waals surface area (Å²) >= 11 is 1.17. The summed E-state index contributed by atoms with van der Waals surface area (Å²) in [7, 11) is 0. The third-order valence-electron chi connectivity index (χ3n) is 3.98. The number of hydrogen-bond donors (Lipinski definition) is 1. The number of carbonyl (C=O) groups is 1. The van der Waals surface area contributed by atoms with E-state index in [1.807, 2.05) is 19.1 Å². The summed E-state index contributed by atoms with van der Waals surface area (Å²) in [5.41, 5.74) is 0.786. The first-order valence-corrected chi connectivity index (χ1v) is 8.37. The second-order valence-corrected chi connectivity index (χ2v) is 6.34. The summed E-state index contributed by atoms with van der Waals surface area (Å²) in [6.07, 6.45) is 3.54. The quantitative estimate of drug-likeness (QED) is 0.881. The molecule has 0 saturated carbocycles. The number of nitrogens with zero attached hydrogens (tertiary/aromatic N) is 3. The van der Waals surface area contributed by atoms with Crippen LogP contribution in [0.1, 0.15) is 34.5 Å². The Kier molecular flexibility index (Phi) is 4.84. The van der Waals surface area contributed by atoms with E-state index in [4.69, 9.17) is 4.42 Å². The van der Waals surface area contributed by atoms with Crippen molar-refractivity contribution in [2.24, 2.45) is 5.92 Å². The van der Waals surface area contributed by atoms with Crippen LogP contribution in [0.25, 0.3) is 0 Å². The second-order valence-electron chi connectivity index (χ2n) is 5.58. The minimum atomic E-state index is -0.0451. The van der Waals surface area contributed by atoms with E-state index in [0.29, 0.717) is 17.3 Å². The predicted molar refractivity (Wildman–Crippen MR) is 83.7 cm³/mol. The monoisotopic (exact) mass is 320 g/mol. The lowest BCUT2D eigenvalue weighted by atomic mass is 10.1. The van der Waals surface area contributed by atoms with E-state index >= 15 is 0 Å². The van der Waals surface area contributed by atoms with Crippen LogP contribution in [-0.4, -0.2) is 40.0 Å². The number of hydrogen-bond acceptors (Lipinski definition) is 6. The number of carbonyl (C=O) groups excluding carboxylic acids is 1. The fourth-order valence-corrected chi connectivity index (χ4v) is 3.44. The Morgan fingerprint density at radius 3 is 3.27 bits per heavy atom. The Labute approximate surface area is 133 Å². The van der Waals surface area contributed by atoms with Gasteiger partial charge in [-0.2, -0.15) is 0 Å². The van der Waals surface area contributed by atoms with Crippen molar-refractivity contribution < 1.29 is 9.21 Å². The minimum Gasteiger partial charge on any atom is -0.468 e. The molecule has 0 bridgehead atoms. The van der Waals surface area contributed by atoms with Crippen LogP contribution in [0.4, 0.5) is 0 Å². The molecular formula is C15H20N4O2S. The Balaban J connectivity index is 1.45. The molecule has 1 atom stereocenters. The van der Waals surface area contributed by atoms with E-state index in [-0.39, 0.29) is 5.91 Å². The Morgan fingerprint density at radius 1 is 1.59 bits per heavy atom. The summed E-state index contributed by atoms with van der Waals surface area (Å²) in [6.45, 7) is 5.56. The lowest BCUT2D eigenvalue weighted by Crippen LogP contribution is -2.31. The molecule has 3 heterocycles. The van der Waals surface area contributed by atoms with E-state index in [9.17, 15) is 4.79 Å². The number of aromatic nitrogens is 2. The second kappa shape index (κ2) is 7.02. The van der Waals surface area contributed by atoms with Crippen LogP contribution in [0.3, 0.4) is 0 Å². The first-order valence-electron chi connectivity index (χ1n) is 7.60. The molecule has 2 aromatic heterocycles. The highest BCUT2D eigenvalue weighted by Crippen LogP contribution is 2.19. The van der Waals surface area contributed by atoms with Crippen LogP contribution in [0.15, 0.2) is 22.8 Å². The third kappa shape index (κ3) is 3.53. The topological polar surface area (TPSA) is 71.3 Å². The SMILES string of the molecule is CCc1nnsc1C(=O)NCC1CCN(Cc2ccco2)C1.